The maximum Gasteiger partial charge on any atom is 0.305 e. The van der Waals surface area contributed by atoms with E-state index in [1.54, 1.807) is 11.8 Å². The molecule has 1 N–H and O–H groups in total. The van der Waals surface area contributed by atoms with E-state index in [9.17, 15) is 18.8 Å². The molecular formula is C26H21FN2O3S2. The predicted molar refractivity (Wildman–Crippen MR) is 129 cm³/mol. The molecule has 172 valence electrons. The van der Waals surface area contributed by atoms with Crippen LogP contribution in [-0.4, -0.2) is 22.0 Å². The molecule has 3 aromatic rings. The van der Waals surface area contributed by atoms with Gasteiger partial charge in [-0.1, -0.05) is 41.2 Å². The number of aryl methyl sites for hydroxylation is 1. The number of fused-ring (bicyclic) bond motifs is 9. The topological polar surface area (TPSA) is 70.2 Å². The Morgan fingerprint density at radius 1 is 0.941 bits per heavy atom. The molecule has 2 amide bonds. The van der Waals surface area contributed by atoms with E-state index in [1.165, 1.54) is 46.1 Å². The van der Waals surface area contributed by atoms with Gasteiger partial charge in [0.25, 0.3) is 0 Å². The van der Waals surface area contributed by atoms with Crippen molar-refractivity contribution in [1.82, 2.24) is 4.98 Å². The van der Waals surface area contributed by atoms with Crippen molar-refractivity contribution in [3.05, 3.63) is 80.0 Å². The molecule has 3 fully saturated rings. The van der Waals surface area contributed by atoms with Crippen LogP contribution in [0.3, 0.4) is 0 Å². The lowest BCUT2D eigenvalue weighted by Crippen LogP contribution is -2.42. The van der Waals surface area contributed by atoms with E-state index >= 15 is 0 Å². The minimum absolute atomic E-state index is 0.0320. The number of halogens is 1. The summed E-state index contributed by atoms with van der Waals surface area (Å²) in [6.45, 7) is 2.05. The van der Waals surface area contributed by atoms with Crippen LogP contribution in [0, 0.1) is 42.3 Å². The zero-order valence-electron chi connectivity index (χ0n) is 18.2. The van der Waals surface area contributed by atoms with Crippen molar-refractivity contribution in [2.24, 2.45) is 29.6 Å². The normalized spacial score (nSPS) is 33.2. The average Bonchev–Trinajstić information content (AvgIpc) is 3.54. The first-order valence-corrected chi connectivity index (χ1v) is 13.2. The number of thiazole rings is 1. The van der Waals surface area contributed by atoms with Gasteiger partial charge in [-0.05, 0) is 60.9 Å². The van der Waals surface area contributed by atoms with Crippen LogP contribution in [0.4, 0.5) is 10.1 Å². The Morgan fingerprint density at radius 2 is 1.62 bits per heavy atom. The maximum atomic E-state index is 13.6. The summed E-state index contributed by atoms with van der Waals surface area (Å²) in [4.78, 5) is 44.8. The van der Waals surface area contributed by atoms with Crippen LogP contribution in [0.5, 0.6) is 0 Å². The molecule has 7 atom stereocenters. The minimum atomic E-state index is -0.397. The van der Waals surface area contributed by atoms with E-state index in [4.69, 9.17) is 0 Å². The molecular weight excluding hydrogens is 471 g/mol. The lowest BCUT2D eigenvalue weighted by Gasteiger charge is -2.43. The lowest BCUT2D eigenvalue weighted by atomic mass is 9.68. The SMILES string of the molecule is Cc1ccc([C@@H]2c3sc(=O)[nH]c3S[C@@H]3[C@H]4C[C@@H]([C@@H]5C(=O)N(c6ccc(F)cc6)C(=O)[C@H]45)[C@H]23)cc1. The van der Waals surface area contributed by atoms with Gasteiger partial charge in [0.05, 0.1) is 22.5 Å². The number of aromatic amines is 1. The summed E-state index contributed by atoms with van der Waals surface area (Å²) in [6.07, 6.45) is 0.855. The molecule has 1 aromatic heterocycles. The fourth-order valence-electron chi connectivity index (χ4n) is 7.01. The maximum absolute atomic E-state index is 13.6. The van der Waals surface area contributed by atoms with Crippen molar-refractivity contribution >= 4 is 40.6 Å². The Hall–Kier alpha value is -2.71. The minimum Gasteiger partial charge on any atom is -0.307 e. The first-order chi connectivity index (χ1) is 16.4. The molecule has 2 aliphatic carbocycles. The highest BCUT2D eigenvalue weighted by Crippen LogP contribution is 2.68. The average molecular weight is 493 g/mol. The van der Waals surface area contributed by atoms with Crippen LogP contribution in [0.25, 0.3) is 0 Å². The van der Waals surface area contributed by atoms with Gasteiger partial charge in [-0.25, -0.2) is 4.39 Å². The number of thioether (sulfide) groups is 1. The van der Waals surface area contributed by atoms with Gasteiger partial charge in [0.15, 0.2) is 0 Å². The Balaban J connectivity index is 1.32. The third-order valence-corrected chi connectivity index (χ3v) is 10.8. The van der Waals surface area contributed by atoms with E-state index < -0.39 is 5.82 Å². The summed E-state index contributed by atoms with van der Waals surface area (Å²) in [5, 5.41) is 1.08. The second kappa shape index (κ2) is 7.15. The molecule has 3 heterocycles. The second-order valence-corrected chi connectivity index (χ2v) is 12.1. The summed E-state index contributed by atoms with van der Waals surface area (Å²) >= 11 is 2.96. The number of benzene rings is 2. The van der Waals surface area contributed by atoms with Crippen molar-refractivity contribution in [3.63, 3.8) is 0 Å². The molecule has 2 aliphatic heterocycles. The van der Waals surface area contributed by atoms with E-state index in [2.05, 4.69) is 36.2 Å². The Bertz CT molecular complexity index is 1400. The molecule has 7 rings (SSSR count). The Morgan fingerprint density at radius 3 is 2.32 bits per heavy atom. The lowest BCUT2D eigenvalue weighted by molar-refractivity contribution is -0.123. The quantitative estimate of drug-likeness (QED) is 0.533. The summed E-state index contributed by atoms with van der Waals surface area (Å²) in [5.41, 5.74) is 2.78. The number of nitrogens with one attached hydrogen (secondary N) is 1. The summed E-state index contributed by atoms with van der Waals surface area (Å²) < 4.78 is 13.5. The molecule has 2 saturated carbocycles. The standard InChI is InChI=1S/C26H21FN2O3S2/c1-11-2-4-12(5-3-11)17-18-15-10-16(21(18)33-23-22(17)34-26(32)28-23)20-19(15)24(30)29(25(20)31)14-8-6-13(27)7-9-14/h2-9,15-21H,10H2,1H3,(H,28,32)/t15-,16+,17+,18-,19+,20-,21-/m1/s1. The van der Waals surface area contributed by atoms with Gasteiger partial charge in [0.1, 0.15) is 5.82 Å². The number of anilines is 1. The van der Waals surface area contributed by atoms with Gasteiger partial charge in [0.2, 0.25) is 11.8 Å². The molecule has 8 heteroatoms. The van der Waals surface area contributed by atoms with Crippen molar-refractivity contribution in [1.29, 1.82) is 0 Å². The van der Waals surface area contributed by atoms with Crippen molar-refractivity contribution in [3.8, 4) is 0 Å². The second-order valence-electron chi connectivity index (χ2n) is 9.86. The van der Waals surface area contributed by atoms with Gasteiger partial charge >= 0.3 is 4.87 Å². The zero-order valence-corrected chi connectivity index (χ0v) is 19.9. The number of carbonyl (C=O) groups is 2. The van der Waals surface area contributed by atoms with Crippen molar-refractivity contribution in [2.45, 2.75) is 29.5 Å². The van der Waals surface area contributed by atoms with E-state index in [0.717, 1.165) is 21.9 Å². The molecule has 0 spiro atoms. The predicted octanol–water partition coefficient (Wildman–Crippen LogP) is 4.56. The summed E-state index contributed by atoms with van der Waals surface area (Å²) in [5.74, 6) is -1.05. The molecule has 2 aromatic carbocycles. The van der Waals surface area contributed by atoms with E-state index in [0.29, 0.717) is 5.69 Å². The molecule has 0 radical (unpaired) electrons. The number of aromatic nitrogens is 1. The number of amides is 2. The third-order valence-electron chi connectivity index (χ3n) is 8.25. The van der Waals surface area contributed by atoms with Gasteiger partial charge in [-0.3, -0.25) is 19.3 Å². The molecule has 5 nitrogen and oxygen atoms in total. The third kappa shape index (κ3) is 2.69. The van der Waals surface area contributed by atoms with Crippen LogP contribution in [0.15, 0.2) is 58.4 Å². The van der Waals surface area contributed by atoms with Crippen LogP contribution in [0.2, 0.25) is 0 Å². The number of H-pyrrole nitrogens is 1. The number of rotatable bonds is 2. The first kappa shape index (κ1) is 20.6. The summed E-state index contributed by atoms with van der Waals surface area (Å²) in [6, 6.07) is 14.1. The number of imide groups is 1. The number of hydrogen-bond donors (Lipinski definition) is 1. The largest absolute Gasteiger partial charge is 0.307 e. The number of hydrogen-bond acceptors (Lipinski definition) is 5. The summed E-state index contributed by atoms with van der Waals surface area (Å²) in [7, 11) is 0. The first-order valence-electron chi connectivity index (χ1n) is 11.5. The fourth-order valence-corrected chi connectivity index (χ4v) is 9.90. The highest BCUT2D eigenvalue weighted by atomic mass is 32.2. The molecule has 4 aliphatic rings. The number of nitrogens with zero attached hydrogens (tertiary/aromatic N) is 1. The van der Waals surface area contributed by atoms with Gasteiger partial charge in [-0.2, -0.15) is 0 Å². The van der Waals surface area contributed by atoms with Crippen LogP contribution >= 0.6 is 23.1 Å². The highest BCUT2D eigenvalue weighted by Gasteiger charge is 2.69. The smallest absolute Gasteiger partial charge is 0.305 e. The zero-order chi connectivity index (χ0) is 23.3. The van der Waals surface area contributed by atoms with E-state index in [-0.39, 0.29) is 57.4 Å². The molecule has 0 unspecified atom stereocenters. The van der Waals surface area contributed by atoms with Crippen molar-refractivity contribution < 1.29 is 14.0 Å². The molecule has 2 bridgehead atoms. The Kier molecular flexibility index (Phi) is 4.34. The van der Waals surface area contributed by atoms with Crippen LogP contribution < -0.4 is 9.77 Å². The van der Waals surface area contributed by atoms with Gasteiger partial charge in [-0.15, -0.1) is 11.8 Å². The highest BCUT2D eigenvalue weighted by molar-refractivity contribution is 8.00. The number of carbonyl (C=O) groups excluding carboxylic acids is 2. The fraction of sp³-hybridized carbons (Fsp3) is 0.346. The molecule has 34 heavy (non-hydrogen) atoms. The van der Waals surface area contributed by atoms with Crippen LogP contribution in [-0.2, 0) is 9.59 Å². The Labute approximate surface area is 203 Å². The monoisotopic (exact) mass is 492 g/mol. The van der Waals surface area contributed by atoms with E-state index in [1.807, 2.05) is 0 Å². The van der Waals surface area contributed by atoms with Crippen molar-refractivity contribution in [2.75, 3.05) is 4.90 Å². The van der Waals surface area contributed by atoms with Gasteiger partial charge < -0.3 is 4.98 Å². The van der Waals surface area contributed by atoms with Gasteiger partial charge in [0, 0.05) is 16.0 Å². The molecule has 1 saturated heterocycles. The van der Waals surface area contributed by atoms with Crippen LogP contribution in [0.1, 0.15) is 28.3 Å².